The Balaban J connectivity index is 1.46. The van der Waals surface area contributed by atoms with Gasteiger partial charge in [0.25, 0.3) is 5.91 Å². The molecule has 4 rings (SSSR count). The van der Waals surface area contributed by atoms with Crippen molar-refractivity contribution in [3.8, 4) is 5.75 Å². The summed E-state index contributed by atoms with van der Waals surface area (Å²) in [6.07, 6.45) is 0.753. The molecule has 31 heavy (non-hydrogen) atoms. The van der Waals surface area contributed by atoms with Gasteiger partial charge in [-0.2, -0.15) is 0 Å². The molecule has 0 unspecified atom stereocenters. The van der Waals surface area contributed by atoms with Crippen LogP contribution in [-0.2, 0) is 16.1 Å². The third-order valence-corrected chi connectivity index (χ3v) is 5.26. The number of rotatable bonds is 7. The lowest BCUT2D eigenvalue weighted by atomic mass is 10.1. The van der Waals surface area contributed by atoms with Gasteiger partial charge in [-0.25, -0.2) is 4.79 Å². The molecule has 0 fully saturated rings. The van der Waals surface area contributed by atoms with E-state index in [1.165, 1.54) is 4.57 Å². The third-order valence-electron chi connectivity index (χ3n) is 5.26. The summed E-state index contributed by atoms with van der Waals surface area (Å²) in [5.41, 5.74) is 1.89. The van der Waals surface area contributed by atoms with Gasteiger partial charge >= 0.3 is 5.76 Å². The minimum absolute atomic E-state index is 0.120. The molecule has 0 bridgehead atoms. The SMILES string of the molecule is CCCNC(=O)[C@@H]1CN(C(=O)CCCn2c(=O)oc3ccccc32)c2ccccc2O1. The molecule has 1 aliphatic rings. The van der Waals surface area contributed by atoms with Crippen molar-refractivity contribution in [2.45, 2.75) is 38.8 Å². The number of nitrogens with zero attached hydrogens (tertiary/aromatic N) is 2. The molecule has 0 radical (unpaired) electrons. The number of aryl methyl sites for hydroxylation is 1. The fraction of sp³-hybridized carbons (Fsp3) is 0.348. The highest BCUT2D eigenvalue weighted by Crippen LogP contribution is 2.33. The van der Waals surface area contributed by atoms with Gasteiger partial charge < -0.3 is 19.4 Å². The van der Waals surface area contributed by atoms with E-state index in [0.717, 1.165) is 6.42 Å². The molecule has 0 saturated carbocycles. The highest BCUT2D eigenvalue weighted by Gasteiger charge is 2.33. The molecule has 1 N–H and O–H groups in total. The third kappa shape index (κ3) is 4.33. The number of nitrogens with one attached hydrogen (secondary N) is 1. The normalized spacial score (nSPS) is 15.4. The zero-order chi connectivity index (χ0) is 21.8. The Hall–Kier alpha value is -3.55. The summed E-state index contributed by atoms with van der Waals surface area (Å²) in [7, 11) is 0. The number of carbonyl (C=O) groups is 2. The maximum atomic E-state index is 13.0. The second-order valence-electron chi connectivity index (χ2n) is 7.46. The standard InChI is InChI=1S/C23H25N3O5/c1-2-13-24-22(28)20-15-26(17-9-4-5-10-18(17)30-20)21(27)12-7-14-25-16-8-3-6-11-19(16)31-23(25)29/h3-6,8-11,20H,2,7,12-15H2,1H3,(H,24,28)/t20-/m0/s1. The summed E-state index contributed by atoms with van der Waals surface area (Å²) < 4.78 is 12.6. The van der Waals surface area contributed by atoms with Crippen LogP contribution in [0.1, 0.15) is 26.2 Å². The van der Waals surface area contributed by atoms with Crippen molar-refractivity contribution < 1.29 is 18.7 Å². The summed E-state index contributed by atoms with van der Waals surface area (Å²) in [5, 5.41) is 2.83. The van der Waals surface area contributed by atoms with Crippen LogP contribution in [0.25, 0.3) is 11.1 Å². The molecule has 162 valence electrons. The molecular weight excluding hydrogens is 398 g/mol. The van der Waals surface area contributed by atoms with Crippen molar-refractivity contribution in [2.24, 2.45) is 0 Å². The fourth-order valence-electron chi connectivity index (χ4n) is 3.72. The lowest BCUT2D eigenvalue weighted by molar-refractivity contribution is -0.128. The zero-order valence-electron chi connectivity index (χ0n) is 17.4. The number of fused-ring (bicyclic) bond motifs is 2. The zero-order valence-corrected chi connectivity index (χ0v) is 17.4. The number of ether oxygens (including phenoxy) is 1. The van der Waals surface area contributed by atoms with E-state index in [1.54, 1.807) is 17.0 Å². The number of aromatic nitrogens is 1. The van der Waals surface area contributed by atoms with Crippen molar-refractivity contribution in [3.63, 3.8) is 0 Å². The smallest absolute Gasteiger partial charge is 0.419 e. The number of para-hydroxylation sites is 4. The highest BCUT2D eigenvalue weighted by molar-refractivity contribution is 5.97. The quantitative estimate of drug-likeness (QED) is 0.631. The molecule has 2 heterocycles. The number of hydrogen-bond donors (Lipinski definition) is 1. The molecule has 0 aliphatic carbocycles. The fourth-order valence-corrected chi connectivity index (χ4v) is 3.72. The molecule has 8 heteroatoms. The van der Waals surface area contributed by atoms with E-state index in [4.69, 9.17) is 9.15 Å². The van der Waals surface area contributed by atoms with Crippen molar-refractivity contribution in [1.29, 1.82) is 0 Å². The summed E-state index contributed by atoms with van der Waals surface area (Å²) in [5.74, 6) is -0.274. The topological polar surface area (TPSA) is 93.8 Å². The Morgan fingerprint density at radius 2 is 1.90 bits per heavy atom. The van der Waals surface area contributed by atoms with Gasteiger partial charge in [0.15, 0.2) is 11.7 Å². The number of carbonyl (C=O) groups excluding carboxylic acids is 2. The van der Waals surface area contributed by atoms with Crippen molar-refractivity contribution in [3.05, 3.63) is 59.1 Å². The molecule has 0 saturated heterocycles. The molecule has 2 amide bonds. The second-order valence-corrected chi connectivity index (χ2v) is 7.46. The van der Waals surface area contributed by atoms with Gasteiger partial charge in [0, 0.05) is 19.5 Å². The lowest BCUT2D eigenvalue weighted by Crippen LogP contribution is -2.50. The molecular formula is C23H25N3O5. The average Bonchev–Trinajstić information content (AvgIpc) is 3.11. The number of hydrogen-bond acceptors (Lipinski definition) is 5. The van der Waals surface area contributed by atoms with Crippen LogP contribution in [0.15, 0.2) is 57.7 Å². The van der Waals surface area contributed by atoms with Crippen LogP contribution in [-0.4, -0.2) is 35.6 Å². The van der Waals surface area contributed by atoms with Gasteiger partial charge in [-0.15, -0.1) is 0 Å². The van der Waals surface area contributed by atoms with E-state index >= 15 is 0 Å². The first-order valence-electron chi connectivity index (χ1n) is 10.5. The molecule has 3 aromatic rings. The van der Waals surface area contributed by atoms with Gasteiger partial charge in [-0.3, -0.25) is 14.2 Å². The van der Waals surface area contributed by atoms with E-state index in [0.29, 0.717) is 42.0 Å². The van der Waals surface area contributed by atoms with Gasteiger partial charge in [0.1, 0.15) is 5.75 Å². The first kappa shape index (κ1) is 20.7. The maximum absolute atomic E-state index is 13.0. The largest absolute Gasteiger partial charge is 0.477 e. The number of amides is 2. The highest BCUT2D eigenvalue weighted by atomic mass is 16.5. The van der Waals surface area contributed by atoms with E-state index in [2.05, 4.69) is 5.32 Å². The lowest BCUT2D eigenvalue weighted by Gasteiger charge is -2.34. The van der Waals surface area contributed by atoms with Crippen LogP contribution >= 0.6 is 0 Å². The summed E-state index contributed by atoms with van der Waals surface area (Å²) in [6, 6.07) is 14.4. The Morgan fingerprint density at radius 1 is 1.13 bits per heavy atom. The Morgan fingerprint density at radius 3 is 2.74 bits per heavy atom. The first-order chi connectivity index (χ1) is 15.1. The monoisotopic (exact) mass is 423 g/mol. The minimum Gasteiger partial charge on any atom is -0.477 e. The summed E-state index contributed by atoms with van der Waals surface area (Å²) in [4.78, 5) is 39.2. The maximum Gasteiger partial charge on any atom is 0.419 e. The predicted octanol–water partition coefficient (Wildman–Crippen LogP) is 2.70. The second kappa shape index (κ2) is 9.07. The molecule has 1 aromatic heterocycles. The van der Waals surface area contributed by atoms with Crippen molar-refractivity contribution in [1.82, 2.24) is 9.88 Å². The van der Waals surface area contributed by atoms with Gasteiger partial charge in [0.05, 0.1) is 17.7 Å². The van der Waals surface area contributed by atoms with Gasteiger partial charge in [-0.05, 0) is 37.1 Å². The van der Waals surface area contributed by atoms with Crippen LogP contribution in [0.3, 0.4) is 0 Å². The van der Waals surface area contributed by atoms with Crippen LogP contribution in [0, 0.1) is 0 Å². The van der Waals surface area contributed by atoms with E-state index in [9.17, 15) is 14.4 Å². The molecule has 1 aliphatic heterocycles. The average molecular weight is 423 g/mol. The minimum atomic E-state index is -0.758. The van der Waals surface area contributed by atoms with Crippen LogP contribution in [0.2, 0.25) is 0 Å². The van der Waals surface area contributed by atoms with Crippen molar-refractivity contribution in [2.75, 3.05) is 18.0 Å². The predicted molar refractivity (Wildman–Crippen MR) is 116 cm³/mol. The van der Waals surface area contributed by atoms with Gasteiger partial charge in [-0.1, -0.05) is 31.2 Å². The number of oxazole rings is 1. The molecule has 2 aromatic carbocycles. The molecule has 0 spiro atoms. The number of benzene rings is 2. The Kier molecular flexibility index (Phi) is 6.06. The first-order valence-corrected chi connectivity index (χ1v) is 10.5. The Labute approximate surface area is 179 Å². The Bertz CT molecular complexity index is 1150. The van der Waals surface area contributed by atoms with E-state index in [-0.39, 0.29) is 24.8 Å². The summed E-state index contributed by atoms with van der Waals surface area (Å²) in [6.45, 7) is 3.05. The molecule has 1 atom stereocenters. The van der Waals surface area contributed by atoms with Crippen molar-refractivity contribution >= 4 is 28.6 Å². The van der Waals surface area contributed by atoms with Crippen LogP contribution < -0.4 is 20.7 Å². The number of anilines is 1. The van der Waals surface area contributed by atoms with Crippen LogP contribution in [0.4, 0.5) is 5.69 Å². The molecule has 8 nitrogen and oxygen atoms in total. The van der Waals surface area contributed by atoms with Gasteiger partial charge in [0.2, 0.25) is 5.91 Å². The summed E-state index contributed by atoms with van der Waals surface area (Å²) >= 11 is 0. The van der Waals surface area contributed by atoms with E-state index in [1.807, 2.05) is 43.3 Å². The van der Waals surface area contributed by atoms with Crippen LogP contribution in [0.5, 0.6) is 5.75 Å². The van der Waals surface area contributed by atoms with E-state index < -0.39 is 11.9 Å².